The molecule has 0 bridgehead atoms. The molecule has 0 spiro atoms. The second kappa shape index (κ2) is 6.30. The quantitative estimate of drug-likeness (QED) is 0.888. The van der Waals surface area contributed by atoms with E-state index in [2.05, 4.69) is 29.9 Å². The van der Waals surface area contributed by atoms with E-state index in [4.69, 9.17) is 5.73 Å². The molecule has 1 fully saturated rings. The van der Waals surface area contributed by atoms with Crippen LogP contribution < -0.4 is 5.73 Å². The van der Waals surface area contributed by atoms with Crippen LogP contribution in [0.25, 0.3) is 0 Å². The minimum atomic E-state index is 0.328. The average molecular weight is 247 g/mol. The highest BCUT2D eigenvalue weighted by Gasteiger charge is 2.29. The first-order chi connectivity index (χ1) is 8.70. The summed E-state index contributed by atoms with van der Waals surface area (Å²) in [6.45, 7) is 3.24. The van der Waals surface area contributed by atoms with Crippen molar-refractivity contribution in [3.63, 3.8) is 0 Å². The molecule has 0 amide bonds. The summed E-state index contributed by atoms with van der Waals surface area (Å²) >= 11 is 0. The molecule has 2 N–H and O–H groups in total. The van der Waals surface area contributed by atoms with Crippen molar-refractivity contribution in [1.29, 1.82) is 0 Å². The molecule has 3 heteroatoms. The van der Waals surface area contributed by atoms with Crippen LogP contribution >= 0.6 is 0 Å². The summed E-state index contributed by atoms with van der Waals surface area (Å²) in [7, 11) is 2.19. The molecule has 1 aliphatic carbocycles. The van der Waals surface area contributed by atoms with E-state index in [0.717, 1.165) is 12.5 Å². The van der Waals surface area contributed by atoms with Crippen molar-refractivity contribution in [2.24, 2.45) is 11.7 Å². The van der Waals surface area contributed by atoms with Gasteiger partial charge in [0.1, 0.15) is 0 Å². The van der Waals surface area contributed by atoms with E-state index in [1.165, 1.54) is 31.2 Å². The maximum Gasteiger partial charge on any atom is 0.0312 e. The molecule has 1 heterocycles. The lowest BCUT2D eigenvalue weighted by Gasteiger charge is -2.39. The number of pyridine rings is 1. The third-order valence-corrected chi connectivity index (χ3v) is 4.28. The average Bonchev–Trinajstić information content (AvgIpc) is 2.40. The Balaban J connectivity index is 1.96. The van der Waals surface area contributed by atoms with Crippen LogP contribution in [-0.4, -0.2) is 29.0 Å². The summed E-state index contributed by atoms with van der Waals surface area (Å²) in [6, 6.07) is 4.98. The monoisotopic (exact) mass is 247 g/mol. The van der Waals surface area contributed by atoms with Crippen molar-refractivity contribution in [3.8, 4) is 0 Å². The Kier molecular flexibility index (Phi) is 4.72. The zero-order chi connectivity index (χ0) is 13.0. The first kappa shape index (κ1) is 13.5. The highest BCUT2D eigenvalue weighted by atomic mass is 15.1. The van der Waals surface area contributed by atoms with Crippen LogP contribution in [-0.2, 0) is 6.54 Å². The van der Waals surface area contributed by atoms with Crippen LogP contribution in [0.5, 0.6) is 0 Å². The molecule has 1 aromatic rings. The Hall–Kier alpha value is -0.930. The number of hydrogen-bond acceptors (Lipinski definition) is 3. The van der Waals surface area contributed by atoms with Gasteiger partial charge in [0.25, 0.3) is 0 Å². The topological polar surface area (TPSA) is 42.1 Å². The Morgan fingerprint density at radius 3 is 2.94 bits per heavy atom. The molecule has 100 valence electrons. The van der Waals surface area contributed by atoms with Crippen molar-refractivity contribution in [2.75, 3.05) is 7.05 Å². The van der Waals surface area contributed by atoms with Crippen LogP contribution in [0.4, 0.5) is 0 Å². The maximum absolute atomic E-state index is 6.29. The highest BCUT2D eigenvalue weighted by Crippen LogP contribution is 2.29. The molecule has 0 radical (unpaired) electrons. The summed E-state index contributed by atoms with van der Waals surface area (Å²) in [5, 5.41) is 0. The van der Waals surface area contributed by atoms with Gasteiger partial charge in [-0.25, -0.2) is 0 Å². The molecular formula is C15H25N3. The Bertz CT molecular complexity index is 352. The predicted molar refractivity (Wildman–Crippen MR) is 75.1 cm³/mol. The Morgan fingerprint density at radius 1 is 1.44 bits per heavy atom. The van der Waals surface area contributed by atoms with Crippen LogP contribution in [0, 0.1) is 5.92 Å². The van der Waals surface area contributed by atoms with Gasteiger partial charge in [-0.2, -0.15) is 0 Å². The summed E-state index contributed by atoms with van der Waals surface area (Å²) in [5.74, 6) is 0.853. The van der Waals surface area contributed by atoms with Crippen molar-refractivity contribution in [3.05, 3.63) is 30.1 Å². The van der Waals surface area contributed by atoms with Gasteiger partial charge in [0, 0.05) is 31.0 Å². The molecule has 1 saturated carbocycles. The molecule has 0 aromatic carbocycles. The minimum Gasteiger partial charge on any atom is -0.326 e. The van der Waals surface area contributed by atoms with E-state index in [9.17, 15) is 0 Å². The van der Waals surface area contributed by atoms with Crippen LogP contribution in [0.3, 0.4) is 0 Å². The number of aromatic nitrogens is 1. The predicted octanol–water partition coefficient (Wildman–Crippen LogP) is 2.42. The molecule has 3 atom stereocenters. The van der Waals surface area contributed by atoms with Crippen molar-refractivity contribution in [2.45, 2.75) is 51.2 Å². The first-order valence-electron chi connectivity index (χ1n) is 7.05. The van der Waals surface area contributed by atoms with E-state index in [0.29, 0.717) is 12.1 Å². The smallest absolute Gasteiger partial charge is 0.0312 e. The molecule has 3 nitrogen and oxygen atoms in total. The second-order valence-electron chi connectivity index (χ2n) is 5.59. The van der Waals surface area contributed by atoms with Gasteiger partial charge in [0.2, 0.25) is 0 Å². The summed E-state index contributed by atoms with van der Waals surface area (Å²) in [5.41, 5.74) is 7.56. The maximum atomic E-state index is 6.29. The summed E-state index contributed by atoms with van der Waals surface area (Å²) < 4.78 is 0. The van der Waals surface area contributed by atoms with E-state index < -0.39 is 0 Å². The van der Waals surface area contributed by atoms with Gasteiger partial charge >= 0.3 is 0 Å². The zero-order valence-corrected chi connectivity index (χ0v) is 11.5. The molecular weight excluding hydrogens is 222 g/mol. The summed E-state index contributed by atoms with van der Waals surface area (Å²) in [6.07, 6.45) is 8.76. The van der Waals surface area contributed by atoms with Gasteiger partial charge in [-0.1, -0.05) is 19.4 Å². The molecule has 3 unspecified atom stereocenters. The van der Waals surface area contributed by atoms with E-state index in [1.807, 2.05) is 18.5 Å². The van der Waals surface area contributed by atoms with Gasteiger partial charge in [0.05, 0.1) is 0 Å². The fraction of sp³-hybridized carbons (Fsp3) is 0.667. The van der Waals surface area contributed by atoms with Crippen LogP contribution in [0.1, 0.15) is 38.2 Å². The van der Waals surface area contributed by atoms with Crippen LogP contribution in [0.2, 0.25) is 0 Å². The lowest BCUT2D eigenvalue weighted by atomic mass is 9.80. The standard InChI is InChI=1S/C15H25N3/c1-3-12-6-7-14(16)15(9-12)18(2)11-13-5-4-8-17-10-13/h4-5,8,10,12,14-15H,3,6-7,9,11,16H2,1-2H3. The van der Waals surface area contributed by atoms with Crippen LogP contribution in [0.15, 0.2) is 24.5 Å². The van der Waals surface area contributed by atoms with Gasteiger partial charge in [-0.05, 0) is 43.9 Å². The van der Waals surface area contributed by atoms with Crippen molar-refractivity contribution >= 4 is 0 Å². The minimum absolute atomic E-state index is 0.328. The van der Waals surface area contributed by atoms with E-state index in [-0.39, 0.29) is 0 Å². The number of likely N-dealkylation sites (N-methyl/N-ethyl adjacent to an activating group) is 1. The highest BCUT2D eigenvalue weighted by molar-refractivity contribution is 5.08. The summed E-state index contributed by atoms with van der Waals surface area (Å²) in [4.78, 5) is 6.58. The van der Waals surface area contributed by atoms with Gasteiger partial charge < -0.3 is 5.73 Å². The lowest BCUT2D eigenvalue weighted by molar-refractivity contribution is 0.129. The molecule has 18 heavy (non-hydrogen) atoms. The van der Waals surface area contributed by atoms with E-state index >= 15 is 0 Å². The first-order valence-corrected chi connectivity index (χ1v) is 7.05. The second-order valence-corrected chi connectivity index (χ2v) is 5.59. The fourth-order valence-electron chi connectivity index (χ4n) is 3.03. The Labute approximate surface area is 110 Å². The normalized spacial score (nSPS) is 28.6. The largest absolute Gasteiger partial charge is 0.326 e. The van der Waals surface area contributed by atoms with Crippen molar-refractivity contribution < 1.29 is 0 Å². The van der Waals surface area contributed by atoms with Crippen molar-refractivity contribution in [1.82, 2.24) is 9.88 Å². The number of rotatable bonds is 4. The molecule has 0 saturated heterocycles. The number of nitrogens with zero attached hydrogens (tertiary/aromatic N) is 2. The number of nitrogens with two attached hydrogens (primary N) is 1. The molecule has 1 aromatic heterocycles. The number of hydrogen-bond donors (Lipinski definition) is 1. The fourth-order valence-corrected chi connectivity index (χ4v) is 3.03. The third-order valence-electron chi connectivity index (χ3n) is 4.28. The Morgan fingerprint density at radius 2 is 2.28 bits per heavy atom. The molecule has 1 aliphatic rings. The van der Waals surface area contributed by atoms with Gasteiger partial charge in [-0.3, -0.25) is 9.88 Å². The van der Waals surface area contributed by atoms with E-state index in [1.54, 1.807) is 0 Å². The lowest BCUT2D eigenvalue weighted by Crippen LogP contribution is -2.49. The van der Waals surface area contributed by atoms with Gasteiger partial charge in [-0.15, -0.1) is 0 Å². The molecule has 0 aliphatic heterocycles. The van der Waals surface area contributed by atoms with Gasteiger partial charge in [0.15, 0.2) is 0 Å². The SMILES string of the molecule is CCC1CCC(N)C(N(C)Cc2cccnc2)C1. The third kappa shape index (κ3) is 3.30. The molecule has 2 rings (SSSR count). The zero-order valence-electron chi connectivity index (χ0n) is 11.5.